The summed E-state index contributed by atoms with van der Waals surface area (Å²) in [6, 6.07) is 6.86. The molecule has 0 amide bonds. The van der Waals surface area contributed by atoms with E-state index in [-0.39, 0.29) is 10.8 Å². The topological polar surface area (TPSA) is 63.1 Å². The third kappa shape index (κ3) is 2.65. The Morgan fingerprint density at radius 1 is 1.39 bits per heavy atom. The van der Waals surface area contributed by atoms with Gasteiger partial charge in [0.05, 0.1) is 11.3 Å². The van der Waals surface area contributed by atoms with Crippen LogP contribution in [0.4, 0.5) is 0 Å². The molecule has 0 bridgehead atoms. The van der Waals surface area contributed by atoms with E-state index in [1.54, 1.807) is 30.5 Å². The van der Waals surface area contributed by atoms with Gasteiger partial charge in [-0.25, -0.2) is 14.8 Å². The number of aryl methyl sites for hydroxylation is 1. The molecule has 2 rings (SSSR count). The van der Waals surface area contributed by atoms with Crippen LogP contribution in [0.2, 0.25) is 5.28 Å². The smallest absolute Gasteiger partial charge is 0.335 e. The standard InChI is InChI=1S/C13H11ClN2O2/c1-8-7-15-13(14)16-11(8)6-9-4-2-3-5-10(9)12(17)18/h2-5,7H,6H2,1H3,(H,17,18). The lowest BCUT2D eigenvalue weighted by molar-refractivity contribution is 0.0696. The van der Waals surface area contributed by atoms with Crippen molar-refractivity contribution >= 4 is 17.6 Å². The van der Waals surface area contributed by atoms with Crippen molar-refractivity contribution in [2.45, 2.75) is 13.3 Å². The maximum absolute atomic E-state index is 11.1. The molecule has 0 radical (unpaired) electrons. The molecule has 5 heteroatoms. The van der Waals surface area contributed by atoms with Gasteiger partial charge in [0.15, 0.2) is 0 Å². The number of hydrogen-bond donors (Lipinski definition) is 1. The van der Waals surface area contributed by atoms with Crippen molar-refractivity contribution in [3.8, 4) is 0 Å². The number of aromatic nitrogens is 2. The van der Waals surface area contributed by atoms with Crippen LogP contribution < -0.4 is 0 Å². The highest BCUT2D eigenvalue weighted by molar-refractivity contribution is 6.28. The molecule has 4 nitrogen and oxygen atoms in total. The Bertz CT molecular complexity index is 599. The minimum Gasteiger partial charge on any atom is -0.478 e. The molecule has 0 saturated carbocycles. The van der Waals surface area contributed by atoms with E-state index in [0.29, 0.717) is 12.0 Å². The van der Waals surface area contributed by atoms with Gasteiger partial charge in [0.25, 0.3) is 0 Å². The zero-order valence-electron chi connectivity index (χ0n) is 9.72. The van der Waals surface area contributed by atoms with Gasteiger partial charge in [0.1, 0.15) is 0 Å². The molecule has 1 heterocycles. The summed E-state index contributed by atoms with van der Waals surface area (Å²) < 4.78 is 0. The summed E-state index contributed by atoms with van der Waals surface area (Å²) in [5, 5.41) is 9.28. The SMILES string of the molecule is Cc1cnc(Cl)nc1Cc1ccccc1C(=O)O. The Morgan fingerprint density at radius 3 is 2.83 bits per heavy atom. The first-order chi connectivity index (χ1) is 8.58. The van der Waals surface area contributed by atoms with Crippen molar-refractivity contribution in [3.63, 3.8) is 0 Å². The Hall–Kier alpha value is -1.94. The number of carbonyl (C=O) groups is 1. The van der Waals surface area contributed by atoms with E-state index in [2.05, 4.69) is 9.97 Å². The lowest BCUT2D eigenvalue weighted by Gasteiger charge is -2.07. The van der Waals surface area contributed by atoms with Gasteiger partial charge in [-0.1, -0.05) is 18.2 Å². The largest absolute Gasteiger partial charge is 0.478 e. The number of carboxylic acid groups (broad SMARTS) is 1. The molecular weight excluding hydrogens is 252 g/mol. The van der Waals surface area contributed by atoms with Crippen LogP contribution in [0.1, 0.15) is 27.2 Å². The van der Waals surface area contributed by atoms with E-state index < -0.39 is 5.97 Å². The lowest BCUT2D eigenvalue weighted by atomic mass is 10.0. The first-order valence-corrected chi connectivity index (χ1v) is 5.75. The van der Waals surface area contributed by atoms with Crippen LogP contribution in [0.25, 0.3) is 0 Å². The summed E-state index contributed by atoms with van der Waals surface area (Å²) in [4.78, 5) is 19.1. The predicted molar refractivity (Wildman–Crippen MR) is 68.0 cm³/mol. The summed E-state index contributed by atoms with van der Waals surface area (Å²) in [5.41, 5.74) is 2.62. The first kappa shape index (κ1) is 12.5. The fourth-order valence-electron chi connectivity index (χ4n) is 1.70. The maximum atomic E-state index is 11.1. The molecule has 0 aliphatic carbocycles. The van der Waals surface area contributed by atoms with Crippen LogP contribution >= 0.6 is 11.6 Å². The Kier molecular flexibility index (Phi) is 3.58. The van der Waals surface area contributed by atoms with Gasteiger partial charge in [-0.2, -0.15) is 0 Å². The Labute approximate surface area is 109 Å². The van der Waals surface area contributed by atoms with Gasteiger partial charge in [0, 0.05) is 12.6 Å². The Morgan fingerprint density at radius 2 is 2.11 bits per heavy atom. The van der Waals surface area contributed by atoms with Crippen LogP contribution in [-0.4, -0.2) is 21.0 Å². The molecule has 92 valence electrons. The van der Waals surface area contributed by atoms with Crippen molar-refractivity contribution in [1.29, 1.82) is 0 Å². The second-order valence-corrected chi connectivity index (χ2v) is 4.25. The quantitative estimate of drug-likeness (QED) is 0.864. The Balaban J connectivity index is 2.40. The molecule has 1 aromatic heterocycles. The van der Waals surface area contributed by atoms with E-state index in [4.69, 9.17) is 16.7 Å². The molecule has 0 aliphatic heterocycles. The molecule has 0 spiro atoms. The number of carboxylic acids is 1. The average Bonchev–Trinajstić information content (AvgIpc) is 2.34. The normalized spacial score (nSPS) is 10.3. The third-order valence-electron chi connectivity index (χ3n) is 2.65. The number of nitrogens with zero attached hydrogens (tertiary/aromatic N) is 2. The van der Waals surface area contributed by atoms with Crippen LogP contribution in [0.3, 0.4) is 0 Å². The van der Waals surface area contributed by atoms with E-state index in [1.165, 1.54) is 0 Å². The number of benzene rings is 1. The van der Waals surface area contributed by atoms with Gasteiger partial charge in [-0.3, -0.25) is 0 Å². The van der Waals surface area contributed by atoms with Crippen LogP contribution in [0, 0.1) is 6.92 Å². The van der Waals surface area contributed by atoms with Gasteiger partial charge >= 0.3 is 5.97 Å². The molecule has 2 aromatic rings. The highest BCUT2D eigenvalue weighted by Crippen LogP contribution is 2.16. The monoisotopic (exact) mass is 262 g/mol. The van der Waals surface area contributed by atoms with Crippen molar-refractivity contribution in [2.24, 2.45) is 0 Å². The summed E-state index contributed by atoms with van der Waals surface area (Å²) in [6.45, 7) is 1.87. The number of halogens is 1. The molecule has 0 saturated heterocycles. The van der Waals surface area contributed by atoms with Crippen molar-refractivity contribution < 1.29 is 9.90 Å². The fraction of sp³-hybridized carbons (Fsp3) is 0.154. The van der Waals surface area contributed by atoms with Crippen molar-refractivity contribution in [2.75, 3.05) is 0 Å². The first-order valence-electron chi connectivity index (χ1n) is 5.37. The van der Waals surface area contributed by atoms with Crippen molar-refractivity contribution in [3.05, 3.63) is 58.1 Å². The fourth-order valence-corrected chi connectivity index (χ4v) is 1.85. The van der Waals surface area contributed by atoms with Gasteiger partial charge in [0.2, 0.25) is 5.28 Å². The number of rotatable bonds is 3. The lowest BCUT2D eigenvalue weighted by Crippen LogP contribution is -2.05. The van der Waals surface area contributed by atoms with Gasteiger partial charge in [-0.15, -0.1) is 0 Å². The molecular formula is C13H11ClN2O2. The third-order valence-corrected chi connectivity index (χ3v) is 2.83. The minimum absolute atomic E-state index is 0.170. The maximum Gasteiger partial charge on any atom is 0.335 e. The average molecular weight is 263 g/mol. The van der Waals surface area contributed by atoms with Gasteiger partial charge < -0.3 is 5.11 Å². The van der Waals surface area contributed by atoms with Crippen LogP contribution in [0.5, 0.6) is 0 Å². The zero-order chi connectivity index (χ0) is 13.1. The summed E-state index contributed by atoms with van der Waals surface area (Å²) >= 11 is 5.75. The second-order valence-electron chi connectivity index (χ2n) is 3.91. The molecule has 1 aromatic carbocycles. The predicted octanol–water partition coefficient (Wildman–Crippen LogP) is 2.73. The molecule has 0 atom stereocenters. The number of hydrogen-bond acceptors (Lipinski definition) is 3. The molecule has 0 unspecified atom stereocenters. The van der Waals surface area contributed by atoms with Crippen LogP contribution in [0.15, 0.2) is 30.5 Å². The molecule has 18 heavy (non-hydrogen) atoms. The van der Waals surface area contributed by atoms with E-state index in [9.17, 15) is 4.79 Å². The van der Waals surface area contributed by atoms with Crippen LogP contribution in [-0.2, 0) is 6.42 Å². The summed E-state index contributed by atoms with van der Waals surface area (Å²) in [6.07, 6.45) is 2.06. The van der Waals surface area contributed by atoms with E-state index in [0.717, 1.165) is 11.3 Å². The summed E-state index contributed by atoms with van der Waals surface area (Å²) in [7, 11) is 0. The molecule has 0 fully saturated rings. The van der Waals surface area contributed by atoms with E-state index in [1.807, 2.05) is 6.92 Å². The summed E-state index contributed by atoms with van der Waals surface area (Å²) in [5.74, 6) is -0.941. The number of aromatic carboxylic acids is 1. The van der Waals surface area contributed by atoms with Crippen molar-refractivity contribution in [1.82, 2.24) is 9.97 Å². The highest BCUT2D eigenvalue weighted by atomic mass is 35.5. The highest BCUT2D eigenvalue weighted by Gasteiger charge is 2.11. The minimum atomic E-state index is -0.941. The second kappa shape index (κ2) is 5.14. The van der Waals surface area contributed by atoms with Gasteiger partial charge in [-0.05, 0) is 35.7 Å². The molecule has 1 N–H and O–H groups in total. The zero-order valence-corrected chi connectivity index (χ0v) is 10.5. The molecule has 0 aliphatic rings. The van der Waals surface area contributed by atoms with E-state index >= 15 is 0 Å².